The third-order valence-corrected chi connectivity index (χ3v) is 9.91. The molecule has 248 valence electrons. The molecule has 0 unspecified atom stereocenters. The van der Waals surface area contributed by atoms with Crippen molar-refractivity contribution in [1.29, 1.82) is 0 Å². The second-order valence-corrected chi connectivity index (χ2v) is 13.3. The number of furan rings is 1. The zero-order chi connectivity index (χ0) is 35.1. The third kappa shape index (κ3) is 5.73. The first kappa shape index (κ1) is 30.6. The van der Waals surface area contributed by atoms with Gasteiger partial charge in [-0.3, -0.25) is 0 Å². The van der Waals surface area contributed by atoms with E-state index in [1.54, 1.807) is 0 Å². The van der Waals surface area contributed by atoms with Crippen molar-refractivity contribution in [2.75, 3.05) is 0 Å². The molecule has 10 aromatic rings. The van der Waals surface area contributed by atoms with Gasteiger partial charge in [0.15, 0.2) is 17.5 Å². The predicted octanol–water partition coefficient (Wildman–Crippen LogP) is 12.9. The van der Waals surface area contributed by atoms with Crippen molar-refractivity contribution in [3.8, 4) is 67.5 Å². The number of benzene rings is 8. The molecule has 0 atom stereocenters. The van der Waals surface area contributed by atoms with Crippen LogP contribution in [0.3, 0.4) is 0 Å². The molecule has 2 heterocycles. The lowest BCUT2D eigenvalue weighted by molar-refractivity contribution is 0.669. The van der Waals surface area contributed by atoms with Gasteiger partial charge in [-0.1, -0.05) is 152 Å². The summed E-state index contributed by atoms with van der Waals surface area (Å²) in [6.07, 6.45) is 0. The fourth-order valence-electron chi connectivity index (χ4n) is 7.25. The molecule has 53 heavy (non-hydrogen) atoms. The Morgan fingerprint density at radius 2 is 0.830 bits per heavy atom. The molecule has 0 N–H and O–H groups in total. The number of nitrogens with zero attached hydrogens (tertiary/aromatic N) is 3. The minimum Gasteiger partial charge on any atom is -0.456 e. The van der Waals surface area contributed by atoms with Crippen LogP contribution in [0.15, 0.2) is 192 Å². The molecule has 0 aliphatic carbocycles. The predicted molar refractivity (Wildman–Crippen MR) is 217 cm³/mol. The first-order valence-electron chi connectivity index (χ1n) is 17.8. The Bertz CT molecular complexity index is 2950. The summed E-state index contributed by atoms with van der Waals surface area (Å²) in [4.78, 5) is 15.3. The molecule has 8 aromatic carbocycles. The maximum atomic E-state index is 6.46. The Kier molecular flexibility index (Phi) is 7.43. The lowest BCUT2D eigenvalue weighted by Gasteiger charge is -2.10. The number of hydrogen-bond acceptors (Lipinski definition) is 4. The van der Waals surface area contributed by atoms with E-state index in [9.17, 15) is 0 Å². The SMILES string of the molecule is c1ccc(-c2cccc(-c3nc(-c4ccccc4)nc(-c4cccc5oc6ccc(-c7cccc(-c8ccc9ccccc9c8)c7)cc6c45)n3)c2)cc1. The van der Waals surface area contributed by atoms with E-state index in [4.69, 9.17) is 19.4 Å². The lowest BCUT2D eigenvalue weighted by Crippen LogP contribution is -2.00. The van der Waals surface area contributed by atoms with Gasteiger partial charge in [-0.25, -0.2) is 15.0 Å². The quantitative estimate of drug-likeness (QED) is 0.176. The van der Waals surface area contributed by atoms with E-state index in [2.05, 4.69) is 140 Å². The normalized spacial score (nSPS) is 11.4. The molecule has 4 nitrogen and oxygen atoms in total. The zero-order valence-electron chi connectivity index (χ0n) is 28.6. The average Bonchev–Trinajstić information content (AvgIpc) is 3.62. The largest absolute Gasteiger partial charge is 0.456 e. The minimum absolute atomic E-state index is 0.593. The summed E-state index contributed by atoms with van der Waals surface area (Å²) < 4.78 is 6.46. The molecule has 10 rings (SSSR count). The van der Waals surface area contributed by atoms with Crippen LogP contribution in [0.5, 0.6) is 0 Å². The van der Waals surface area contributed by atoms with E-state index in [0.717, 1.165) is 60.9 Å². The summed E-state index contributed by atoms with van der Waals surface area (Å²) >= 11 is 0. The van der Waals surface area contributed by atoms with Crippen LogP contribution in [0.2, 0.25) is 0 Å². The Morgan fingerprint density at radius 3 is 1.60 bits per heavy atom. The molecular weight excluding hydrogens is 647 g/mol. The third-order valence-electron chi connectivity index (χ3n) is 9.91. The fourth-order valence-corrected chi connectivity index (χ4v) is 7.25. The second-order valence-electron chi connectivity index (χ2n) is 13.3. The highest BCUT2D eigenvalue weighted by Gasteiger charge is 2.19. The van der Waals surface area contributed by atoms with Gasteiger partial charge in [-0.15, -0.1) is 0 Å². The number of aromatic nitrogens is 3. The summed E-state index contributed by atoms with van der Waals surface area (Å²) in [5.74, 6) is 1.82. The first-order valence-corrected chi connectivity index (χ1v) is 17.8. The highest BCUT2D eigenvalue weighted by Crippen LogP contribution is 2.39. The lowest BCUT2D eigenvalue weighted by atomic mass is 9.96. The molecule has 2 aromatic heterocycles. The second kappa shape index (κ2) is 12.9. The van der Waals surface area contributed by atoms with Crippen molar-refractivity contribution in [3.05, 3.63) is 188 Å². The summed E-state index contributed by atoms with van der Waals surface area (Å²) in [5.41, 5.74) is 11.2. The summed E-state index contributed by atoms with van der Waals surface area (Å²) in [6.45, 7) is 0. The fraction of sp³-hybridized carbons (Fsp3) is 0. The Hall–Kier alpha value is -7.17. The van der Waals surface area contributed by atoms with Gasteiger partial charge >= 0.3 is 0 Å². The van der Waals surface area contributed by atoms with Gasteiger partial charge in [-0.2, -0.15) is 0 Å². The summed E-state index contributed by atoms with van der Waals surface area (Å²) in [7, 11) is 0. The molecule has 4 heteroatoms. The Balaban J connectivity index is 1.12. The van der Waals surface area contributed by atoms with Crippen LogP contribution >= 0.6 is 0 Å². The van der Waals surface area contributed by atoms with Crippen molar-refractivity contribution < 1.29 is 4.42 Å². The van der Waals surface area contributed by atoms with Gasteiger partial charge < -0.3 is 4.42 Å². The molecule has 0 amide bonds. The van der Waals surface area contributed by atoms with Crippen LogP contribution in [0.25, 0.3) is 100 Å². The van der Waals surface area contributed by atoms with Crippen molar-refractivity contribution in [3.63, 3.8) is 0 Å². The summed E-state index contributed by atoms with van der Waals surface area (Å²) in [5, 5.41) is 4.46. The molecule has 0 aliphatic rings. The van der Waals surface area contributed by atoms with Crippen LogP contribution < -0.4 is 0 Å². The van der Waals surface area contributed by atoms with Crippen LogP contribution in [0, 0.1) is 0 Å². The van der Waals surface area contributed by atoms with Gasteiger partial charge in [0.2, 0.25) is 0 Å². The topological polar surface area (TPSA) is 51.8 Å². The van der Waals surface area contributed by atoms with Gasteiger partial charge in [0, 0.05) is 27.5 Å². The number of hydrogen-bond donors (Lipinski definition) is 0. The number of fused-ring (bicyclic) bond motifs is 4. The van der Waals surface area contributed by atoms with E-state index < -0.39 is 0 Å². The van der Waals surface area contributed by atoms with Crippen molar-refractivity contribution >= 4 is 32.7 Å². The highest BCUT2D eigenvalue weighted by atomic mass is 16.3. The maximum Gasteiger partial charge on any atom is 0.164 e. The smallest absolute Gasteiger partial charge is 0.164 e. The molecular formula is C49H31N3O. The van der Waals surface area contributed by atoms with Crippen molar-refractivity contribution in [2.24, 2.45) is 0 Å². The van der Waals surface area contributed by atoms with E-state index in [-0.39, 0.29) is 0 Å². The number of rotatable bonds is 6. The Labute approximate surface area is 306 Å². The monoisotopic (exact) mass is 677 g/mol. The first-order chi connectivity index (χ1) is 26.2. The van der Waals surface area contributed by atoms with Crippen molar-refractivity contribution in [1.82, 2.24) is 15.0 Å². The minimum atomic E-state index is 0.593. The molecule has 0 spiro atoms. The average molecular weight is 678 g/mol. The van der Waals surface area contributed by atoms with E-state index in [1.807, 2.05) is 48.5 Å². The molecule has 0 aliphatic heterocycles. The van der Waals surface area contributed by atoms with Crippen molar-refractivity contribution in [2.45, 2.75) is 0 Å². The maximum absolute atomic E-state index is 6.46. The zero-order valence-corrected chi connectivity index (χ0v) is 28.6. The van der Waals surface area contributed by atoms with E-state index >= 15 is 0 Å². The molecule has 0 fully saturated rings. The molecule has 0 saturated carbocycles. The van der Waals surface area contributed by atoms with Crippen LogP contribution in [0.1, 0.15) is 0 Å². The van der Waals surface area contributed by atoms with Gasteiger partial charge in [-0.05, 0) is 80.6 Å². The molecule has 0 radical (unpaired) electrons. The van der Waals surface area contributed by atoms with Crippen LogP contribution in [-0.2, 0) is 0 Å². The Morgan fingerprint density at radius 1 is 0.302 bits per heavy atom. The molecule has 0 bridgehead atoms. The van der Waals surface area contributed by atoms with E-state index in [0.29, 0.717) is 17.5 Å². The van der Waals surface area contributed by atoms with Gasteiger partial charge in [0.05, 0.1) is 0 Å². The van der Waals surface area contributed by atoms with Crippen LogP contribution in [0.4, 0.5) is 0 Å². The summed E-state index contributed by atoms with van der Waals surface area (Å²) in [6, 6.07) is 65.3. The van der Waals surface area contributed by atoms with E-state index in [1.165, 1.54) is 21.9 Å². The van der Waals surface area contributed by atoms with Crippen LogP contribution in [-0.4, -0.2) is 15.0 Å². The van der Waals surface area contributed by atoms with Gasteiger partial charge in [0.1, 0.15) is 11.2 Å². The highest BCUT2D eigenvalue weighted by molar-refractivity contribution is 6.12. The van der Waals surface area contributed by atoms with Gasteiger partial charge in [0.25, 0.3) is 0 Å². The standard InChI is InChI=1S/C49H31N3O/c1-3-12-32(13-4-1)36-18-10-21-41(30-36)48-50-47(34-15-5-2-6-16-34)51-49(52-48)42-22-11-23-45-46(42)43-31-40(26-27-44(43)53-45)38-20-9-19-37(29-38)39-25-24-33-14-7-8-17-35(33)28-39/h1-31H. The molecule has 0 saturated heterocycles.